The maximum absolute atomic E-state index is 12.9. The Morgan fingerprint density at radius 1 is 1.00 bits per heavy atom. The third-order valence-corrected chi connectivity index (χ3v) is 6.67. The van der Waals surface area contributed by atoms with E-state index < -0.39 is 11.9 Å². The summed E-state index contributed by atoms with van der Waals surface area (Å²) in [4.78, 5) is 39.1. The van der Waals surface area contributed by atoms with Crippen LogP contribution in [-0.2, 0) is 23.1 Å². The second kappa shape index (κ2) is 13.7. The van der Waals surface area contributed by atoms with Gasteiger partial charge >= 0.3 is 5.69 Å². The van der Waals surface area contributed by atoms with Crippen LogP contribution in [0.25, 0.3) is 11.0 Å². The number of rotatable bonds is 13. The highest BCUT2D eigenvalue weighted by atomic mass is 35.5. The number of nitrogens with zero attached hydrogens (tertiary/aromatic N) is 3. The van der Waals surface area contributed by atoms with E-state index in [4.69, 9.17) is 5.73 Å². The topological polar surface area (TPSA) is 102 Å². The lowest BCUT2D eigenvalue weighted by molar-refractivity contribution is -0.135. The molecule has 0 radical (unpaired) electrons. The van der Waals surface area contributed by atoms with Gasteiger partial charge in [0.05, 0.1) is 11.0 Å². The number of amides is 2. The van der Waals surface area contributed by atoms with Gasteiger partial charge in [0, 0.05) is 13.5 Å². The van der Waals surface area contributed by atoms with Crippen molar-refractivity contribution in [2.75, 3.05) is 26.7 Å². The molecule has 3 N–H and O–H groups in total. The number of nitrogens with one attached hydrogen (secondary N) is 1. The van der Waals surface area contributed by atoms with Crippen LogP contribution in [0.3, 0.4) is 0 Å². The molecule has 3 rings (SSSR count). The van der Waals surface area contributed by atoms with Crippen LogP contribution in [0, 0.1) is 0 Å². The zero-order chi connectivity index (χ0) is 23.8. The number of fused-ring (bicyclic) bond motifs is 1. The summed E-state index contributed by atoms with van der Waals surface area (Å²) in [5.74, 6) is -0.678. The second-order valence-electron chi connectivity index (χ2n) is 9.32. The first-order valence-corrected chi connectivity index (χ1v) is 12.3. The normalized spacial score (nSPS) is 16.2. The van der Waals surface area contributed by atoms with Crippen LogP contribution in [0.1, 0.15) is 69.4 Å². The van der Waals surface area contributed by atoms with Crippen LogP contribution < -0.4 is 16.7 Å². The van der Waals surface area contributed by atoms with Gasteiger partial charge in [-0.25, -0.2) is 4.79 Å². The number of nitrogens with two attached hydrogens (primary N) is 1. The number of aryl methyl sites for hydroxylation is 2. The standard InChI is InChI=1S/C25H39N5O3.ClH/c1-28(16-8-6-4-3-5-7-15-26)17-9-10-19-11-12-20-22(18-19)29(2)25(33)30(20)21-13-14-23(31)27-24(21)32;/h11-12,18,21H,3-10,13-17,26H2,1-2H3,(H,27,31,32);1H. The van der Waals surface area contributed by atoms with Gasteiger partial charge in [0.2, 0.25) is 11.8 Å². The number of unbranched alkanes of at least 4 members (excludes halogenated alkanes) is 5. The molecule has 1 aliphatic rings. The van der Waals surface area contributed by atoms with E-state index in [0.717, 1.165) is 49.9 Å². The van der Waals surface area contributed by atoms with E-state index in [9.17, 15) is 14.4 Å². The Labute approximate surface area is 208 Å². The molecule has 1 aromatic carbocycles. The van der Waals surface area contributed by atoms with Gasteiger partial charge < -0.3 is 10.6 Å². The van der Waals surface area contributed by atoms with Gasteiger partial charge in [-0.1, -0.05) is 31.7 Å². The highest BCUT2D eigenvalue weighted by Crippen LogP contribution is 2.24. The molecule has 2 heterocycles. The molecule has 1 aliphatic heterocycles. The molecule has 34 heavy (non-hydrogen) atoms. The van der Waals surface area contributed by atoms with Crippen LogP contribution in [0.5, 0.6) is 0 Å². The molecule has 2 aromatic rings. The number of imide groups is 1. The highest BCUT2D eigenvalue weighted by molar-refractivity contribution is 6.00. The zero-order valence-electron chi connectivity index (χ0n) is 20.6. The zero-order valence-corrected chi connectivity index (χ0v) is 21.4. The minimum Gasteiger partial charge on any atom is -0.330 e. The van der Waals surface area contributed by atoms with Gasteiger partial charge in [0.25, 0.3) is 0 Å². The van der Waals surface area contributed by atoms with E-state index in [-0.39, 0.29) is 30.4 Å². The maximum atomic E-state index is 12.9. The predicted molar refractivity (Wildman–Crippen MR) is 138 cm³/mol. The minimum absolute atomic E-state index is 0. The first-order chi connectivity index (χ1) is 15.9. The Balaban J connectivity index is 0.00000408. The number of aromatic nitrogens is 2. The Kier molecular flexibility index (Phi) is 11.3. The summed E-state index contributed by atoms with van der Waals surface area (Å²) in [6, 6.07) is 5.40. The third-order valence-electron chi connectivity index (χ3n) is 6.67. The van der Waals surface area contributed by atoms with Crippen molar-refractivity contribution in [3.63, 3.8) is 0 Å². The Bertz CT molecular complexity index is 1020. The van der Waals surface area contributed by atoms with Gasteiger partial charge in [-0.15, -0.1) is 12.4 Å². The molecule has 0 bridgehead atoms. The van der Waals surface area contributed by atoms with Crippen molar-refractivity contribution in [2.45, 2.75) is 70.3 Å². The molecule has 0 aliphatic carbocycles. The molecule has 1 saturated heterocycles. The fourth-order valence-electron chi connectivity index (χ4n) is 4.69. The summed E-state index contributed by atoms with van der Waals surface area (Å²) < 4.78 is 3.13. The third kappa shape index (κ3) is 7.17. The van der Waals surface area contributed by atoms with Crippen molar-refractivity contribution in [2.24, 2.45) is 12.8 Å². The number of piperidine rings is 1. The molecular weight excluding hydrogens is 454 g/mol. The molecule has 8 nitrogen and oxygen atoms in total. The fourth-order valence-corrected chi connectivity index (χ4v) is 4.69. The average molecular weight is 494 g/mol. The van der Waals surface area contributed by atoms with Crippen molar-refractivity contribution < 1.29 is 9.59 Å². The number of imidazole rings is 1. The number of carbonyl (C=O) groups is 2. The predicted octanol–water partition coefficient (Wildman–Crippen LogP) is 2.90. The second-order valence-corrected chi connectivity index (χ2v) is 9.32. The first kappa shape index (κ1) is 28.1. The molecule has 1 unspecified atom stereocenters. The highest BCUT2D eigenvalue weighted by Gasteiger charge is 2.31. The van der Waals surface area contributed by atoms with E-state index in [1.54, 1.807) is 11.6 Å². The molecule has 0 saturated carbocycles. The molecule has 1 fully saturated rings. The van der Waals surface area contributed by atoms with Crippen LogP contribution >= 0.6 is 12.4 Å². The van der Waals surface area contributed by atoms with Crippen LogP contribution in [0.2, 0.25) is 0 Å². The van der Waals surface area contributed by atoms with Crippen molar-refractivity contribution >= 4 is 35.3 Å². The van der Waals surface area contributed by atoms with Gasteiger partial charge in [-0.3, -0.25) is 24.0 Å². The van der Waals surface area contributed by atoms with Gasteiger partial charge in [0.15, 0.2) is 0 Å². The maximum Gasteiger partial charge on any atom is 0.329 e. The lowest BCUT2D eigenvalue weighted by Gasteiger charge is -2.21. The monoisotopic (exact) mass is 493 g/mol. The molecule has 190 valence electrons. The molecule has 1 atom stereocenters. The lowest BCUT2D eigenvalue weighted by atomic mass is 10.1. The summed E-state index contributed by atoms with van der Waals surface area (Å²) in [6.45, 7) is 2.97. The van der Waals surface area contributed by atoms with Gasteiger partial charge in [-0.05, 0) is 76.5 Å². The molecule has 9 heteroatoms. The number of carbonyl (C=O) groups excluding carboxylic acids is 2. The summed E-state index contributed by atoms with van der Waals surface area (Å²) in [7, 11) is 3.92. The number of halogens is 1. The fraction of sp³-hybridized carbons (Fsp3) is 0.640. The van der Waals surface area contributed by atoms with Crippen molar-refractivity contribution in [1.82, 2.24) is 19.4 Å². The van der Waals surface area contributed by atoms with Crippen molar-refractivity contribution in [3.05, 3.63) is 34.2 Å². The summed E-state index contributed by atoms with van der Waals surface area (Å²) in [5.41, 5.74) is 8.06. The van der Waals surface area contributed by atoms with E-state index in [0.29, 0.717) is 6.42 Å². The average Bonchev–Trinajstić information content (AvgIpc) is 3.03. The lowest BCUT2D eigenvalue weighted by Crippen LogP contribution is -2.44. The van der Waals surface area contributed by atoms with Crippen LogP contribution in [-0.4, -0.2) is 52.5 Å². The number of hydrogen-bond donors (Lipinski definition) is 2. The van der Waals surface area contributed by atoms with Crippen molar-refractivity contribution in [3.8, 4) is 0 Å². The van der Waals surface area contributed by atoms with E-state index in [2.05, 4.69) is 23.3 Å². The molecule has 2 amide bonds. The van der Waals surface area contributed by atoms with Crippen LogP contribution in [0.4, 0.5) is 0 Å². The Morgan fingerprint density at radius 3 is 2.38 bits per heavy atom. The van der Waals surface area contributed by atoms with E-state index in [1.807, 2.05) is 12.1 Å². The van der Waals surface area contributed by atoms with E-state index >= 15 is 0 Å². The molecule has 0 spiro atoms. The largest absolute Gasteiger partial charge is 0.330 e. The molecular formula is C25H40ClN5O3. The smallest absolute Gasteiger partial charge is 0.329 e. The van der Waals surface area contributed by atoms with E-state index in [1.165, 1.54) is 42.2 Å². The first-order valence-electron chi connectivity index (χ1n) is 12.3. The SMILES string of the molecule is CN(CCCCCCCCN)CCCc1ccc2c(c1)n(C)c(=O)n2C1CCC(=O)NC1=O.Cl. The Hall–Kier alpha value is -2.16. The number of benzene rings is 1. The van der Waals surface area contributed by atoms with Crippen LogP contribution in [0.15, 0.2) is 23.0 Å². The van der Waals surface area contributed by atoms with Gasteiger partial charge in [-0.2, -0.15) is 0 Å². The number of hydrogen-bond acceptors (Lipinski definition) is 5. The molecule has 1 aromatic heterocycles. The summed E-state index contributed by atoms with van der Waals surface area (Å²) in [6.07, 6.45) is 10.1. The summed E-state index contributed by atoms with van der Waals surface area (Å²) >= 11 is 0. The van der Waals surface area contributed by atoms with Crippen molar-refractivity contribution in [1.29, 1.82) is 0 Å². The Morgan fingerprint density at radius 2 is 1.68 bits per heavy atom. The quantitative estimate of drug-likeness (QED) is 0.330. The van der Waals surface area contributed by atoms with Gasteiger partial charge in [0.1, 0.15) is 6.04 Å². The summed E-state index contributed by atoms with van der Waals surface area (Å²) in [5, 5.41) is 2.35. The minimum atomic E-state index is -0.640.